The highest BCUT2D eigenvalue weighted by Crippen LogP contribution is 2.19. The van der Waals surface area contributed by atoms with Crippen LogP contribution in [0.2, 0.25) is 0 Å². The van der Waals surface area contributed by atoms with Gasteiger partial charge in [0.15, 0.2) is 6.61 Å². The zero-order valence-corrected chi connectivity index (χ0v) is 13.4. The second-order valence-electron chi connectivity index (χ2n) is 5.35. The molecule has 1 unspecified atom stereocenters. The van der Waals surface area contributed by atoms with Gasteiger partial charge in [0.2, 0.25) is 0 Å². The molecular formula is C16H19ClN2O4. The third kappa shape index (κ3) is 4.71. The number of piperidine rings is 1. The smallest absolute Gasteiger partial charge is 0.336 e. The summed E-state index contributed by atoms with van der Waals surface area (Å²) in [4.78, 5) is 23.1. The SMILES string of the molecule is Cl.O=C(COc1ccc2ccc(=O)oc2c1)NC1CCCNC1. The van der Waals surface area contributed by atoms with Gasteiger partial charge in [0, 0.05) is 30.1 Å². The van der Waals surface area contributed by atoms with Gasteiger partial charge in [-0.25, -0.2) is 4.79 Å². The monoisotopic (exact) mass is 338 g/mol. The van der Waals surface area contributed by atoms with Gasteiger partial charge in [0.05, 0.1) is 0 Å². The van der Waals surface area contributed by atoms with Crippen molar-refractivity contribution in [3.63, 3.8) is 0 Å². The number of benzene rings is 1. The maximum atomic E-state index is 11.9. The zero-order valence-electron chi connectivity index (χ0n) is 12.5. The average Bonchev–Trinajstić information content (AvgIpc) is 2.53. The van der Waals surface area contributed by atoms with E-state index in [0.717, 1.165) is 31.3 Å². The molecule has 1 aliphatic rings. The van der Waals surface area contributed by atoms with Crippen LogP contribution in [0.1, 0.15) is 12.8 Å². The van der Waals surface area contributed by atoms with E-state index < -0.39 is 5.63 Å². The molecule has 3 rings (SSSR count). The number of amides is 1. The quantitative estimate of drug-likeness (QED) is 0.825. The van der Waals surface area contributed by atoms with Gasteiger partial charge in [-0.2, -0.15) is 0 Å². The molecule has 2 aromatic rings. The van der Waals surface area contributed by atoms with Crippen molar-refractivity contribution in [3.05, 3.63) is 40.8 Å². The molecule has 1 amide bonds. The summed E-state index contributed by atoms with van der Waals surface area (Å²) in [5.74, 6) is 0.349. The molecule has 2 heterocycles. The first-order valence-corrected chi connectivity index (χ1v) is 7.37. The van der Waals surface area contributed by atoms with Crippen LogP contribution in [0.3, 0.4) is 0 Å². The van der Waals surface area contributed by atoms with E-state index in [0.29, 0.717) is 11.3 Å². The summed E-state index contributed by atoms with van der Waals surface area (Å²) >= 11 is 0. The second kappa shape index (κ2) is 7.99. The van der Waals surface area contributed by atoms with Crippen LogP contribution in [0.15, 0.2) is 39.5 Å². The summed E-state index contributed by atoms with van der Waals surface area (Å²) in [6, 6.07) is 8.38. The van der Waals surface area contributed by atoms with Crippen LogP contribution in [-0.2, 0) is 4.79 Å². The number of ether oxygens (including phenoxy) is 1. The summed E-state index contributed by atoms with van der Waals surface area (Å²) in [6.45, 7) is 1.75. The van der Waals surface area contributed by atoms with Crippen molar-refractivity contribution in [2.75, 3.05) is 19.7 Å². The summed E-state index contributed by atoms with van der Waals surface area (Å²) in [5.41, 5.74) is 0.0362. The molecule has 1 fully saturated rings. The fraction of sp³-hybridized carbons (Fsp3) is 0.375. The molecule has 2 N–H and O–H groups in total. The standard InChI is InChI=1S/C16H18N2O4.ClH/c19-15(18-12-2-1-7-17-9-12)10-21-13-5-3-11-4-6-16(20)22-14(11)8-13;/h3-6,8,12,17H,1-2,7,9-10H2,(H,18,19);1H. The Morgan fingerprint density at radius 2 is 2.17 bits per heavy atom. The van der Waals surface area contributed by atoms with E-state index in [2.05, 4.69) is 10.6 Å². The summed E-state index contributed by atoms with van der Waals surface area (Å²) in [6.07, 6.45) is 2.05. The molecule has 6 nitrogen and oxygen atoms in total. The summed E-state index contributed by atoms with van der Waals surface area (Å²) < 4.78 is 10.5. The first-order chi connectivity index (χ1) is 10.7. The van der Waals surface area contributed by atoms with Crippen LogP contribution >= 0.6 is 12.4 Å². The molecule has 1 aromatic heterocycles. The van der Waals surface area contributed by atoms with Crippen LogP contribution in [0.25, 0.3) is 11.0 Å². The molecule has 1 aromatic carbocycles. The van der Waals surface area contributed by atoms with E-state index in [4.69, 9.17) is 9.15 Å². The van der Waals surface area contributed by atoms with Crippen LogP contribution in [0.4, 0.5) is 0 Å². The maximum absolute atomic E-state index is 11.9. The number of fused-ring (bicyclic) bond motifs is 1. The number of halogens is 1. The van der Waals surface area contributed by atoms with Crippen LogP contribution in [-0.4, -0.2) is 31.6 Å². The fourth-order valence-corrected chi connectivity index (χ4v) is 2.52. The number of carbonyl (C=O) groups is 1. The van der Waals surface area contributed by atoms with Gasteiger partial charge in [0.25, 0.3) is 5.91 Å². The molecular weight excluding hydrogens is 320 g/mol. The Bertz CT molecular complexity index is 725. The lowest BCUT2D eigenvalue weighted by atomic mass is 10.1. The van der Waals surface area contributed by atoms with E-state index in [9.17, 15) is 9.59 Å². The molecule has 0 aliphatic carbocycles. The fourth-order valence-electron chi connectivity index (χ4n) is 2.52. The minimum Gasteiger partial charge on any atom is -0.484 e. The molecule has 0 bridgehead atoms. The van der Waals surface area contributed by atoms with Crippen molar-refractivity contribution in [1.82, 2.24) is 10.6 Å². The van der Waals surface area contributed by atoms with Crippen molar-refractivity contribution in [1.29, 1.82) is 0 Å². The minimum absolute atomic E-state index is 0. The van der Waals surface area contributed by atoms with Gasteiger partial charge in [0.1, 0.15) is 11.3 Å². The Morgan fingerprint density at radius 1 is 1.35 bits per heavy atom. The Labute approximate surface area is 139 Å². The Balaban J connectivity index is 0.00000192. The number of rotatable bonds is 4. The minimum atomic E-state index is -0.410. The second-order valence-corrected chi connectivity index (χ2v) is 5.35. The van der Waals surface area contributed by atoms with Crippen LogP contribution < -0.4 is 21.0 Å². The largest absolute Gasteiger partial charge is 0.484 e. The lowest BCUT2D eigenvalue weighted by Crippen LogP contribution is -2.46. The molecule has 7 heteroatoms. The topological polar surface area (TPSA) is 80.6 Å². The molecule has 0 radical (unpaired) electrons. The van der Waals surface area contributed by atoms with Crippen molar-refractivity contribution in [2.45, 2.75) is 18.9 Å². The lowest BCUT2D eigenvalue weighted by Gasteiger charge is -2.23. The van der Waals surface area contributed by atoms with Crippen molar-refractivity contribution in [3.8, 4) is 5.75 Å². The maximum Gasteiger partial charge on any atom is 0.336 e. The van der Waals surface area contributed by atoms with Crippen molar-refractivity contribution >= 4 is 29.3 Å². The highest BCUT2D eigenvalue weighted by atomic mass is 35.5. The van der Waals surface area contributed by atoms with Gasteiger partial charge in [-0.3, -0.25) is 4.79 Å². The molecule has 0 saturated carbocycles. The Morgan fingerprint density at radius 3 is 2.96 bits per heavy atom. The molecule has 1 aliphatic heterocycles. The van der Waals surface area contributed by atoms with Gasteiger partial charge in [-0.1, -0.05) is 0 Å². The van der Waals surface area contributed by atoms with E-state index >= 15 is 0 Å². The highest BCUT2D eigenvalue weighted by Gasteiger charge is 2.15. The predicted molar refractivity (Wildman–Crippen MR) is 89.3 cm³/mol. The van der Waals surface area contributed by atoms with Gasteiger partial charge in [-0.15, -0.1) is 12.4 Å². The first kappa shape index (κ1) is 17.3. The third-order valence-corrected chi connectivity index (χ3v) is 3.63. The predicted octanol–water partition coefficient (Wildman–Crippen LogP) is 1.46. The normalized spacial score (nSPS) is 17.3. The molecule has 0 spiro atoms. The van der Waals surface area contributed by atoms with Gasteiger partial charge in [-0.05, 0) is 37.6 Å². The van der Waals surface area contributed by atoms with E-state index in [1.807, 2.05) is 0 Å². The van der Waals surface area contributed by atoms with Gasteiger partial charge < -0.3 is 19.8 Å². The van der Waals surface area contributed by atoms with Gasteiger partial charge >= 0.3 is 5.63 Å². The molecule has 124 valence electrons. The molecule has 23 heavy (non-hydrogen) atoms. The number of hydrogen-bond donors (Lipinski definition) is 2. The van der Waals surface area contributed by atoms with Crippen LogP contribution in [0.5, 0.6) is 5.75 Å². The van der Waals surface area contributed by atoms with E-state index in [-0.39, 0.29) is 31.0 Å². The van der Waals surface area contributed by atoms with Crippen molar-refractivity contribution in [2.24, 2.45) is 0 Å². The molecule has 1 saturated heterocycles. The average molecular weight is 339 g/mol. The number of nitrogens with one attached hydrogen (secondary N) is 2. The number of hydrogen-bond acceptors (Lipinski definition) is 5. The summed E-state index contributed by atoms with van der Waals surface area (Å²) in [7, 11) is 0. The zero-order chi connectivity index (χ0) is 15.4. The Hall–Kier alpha value is -2.05. The third-order valence-electron chi connectivity index (χ3n) is 3.63. The van der Waals surface area contributed by atoms with E-state index in [1.54, 1.807) is 24.3 Å². The highest BCUT2D eigenvalue weighted by molar-refractivity contribution is 5.85. The molecule has 1 atom stereocenters. The van der Waals surface area contributed by atoms with Crippen molar-refractivity contribution < 1.29 is 13.9 Å². The Kier molecular flexibility index (Phi) is 6.01. The van der Waals surface area contributed by atoms with Crippen LogP contribution in [0, 0.1) is 0 Å². The summed E-state index contributed by atoms with van der Waals surface area (Å²) in [5, 5.41) is 6.99. The lowest BCUT2D eigenvalue weighted by molar-refractivity contribution is -0.123. The number of carbonyl (C=O) groups excluding carboxylic acids is 1. The van der Waals surface area contributed by atoms with E-state index in [1.165, 1.54) is 6.07 Å². The first-order valence-electron chi connectivity index (χ1n) is 7.37.